The van der Waals surface area contributed by atoms with Crippen molar-refractivity contribution in [3.05, 3.63) is 11.6 Å². The fraction of sp³-hybridized carbons (Fsp3) is 0.818. The quantitative estimate of drug-likeness (QED) is 0.0823. The van der Waals surface area contributed by atoms with Gasteiger partial charge in [-0.15, -0.1) is 0 Å². The van der Waals surface area contributed by atoms with Gasteiger partial charge >= 0.3 is 5.97 Å². The zero-order chi connectivity index (χ0) is 20.5. The summed E-state index contributed by atoms with van der Waals surface area (Å²) in [5, 5.41) is -0.205. The Balaban J connectivity index is 3.68. The first kappa shape index (κ1) is 26.4. The summed E-state index contributed by atoms with van der Waals surface area (Å²) in [6.45, 7) is 9.01. The van der Waals surface area contributed by atoms with Crippen LogP contribution in [0.15, 0.2) is 11.6 Å². The molecule has 0 aromatic heterocycles. The van der Waals surface area contributed by atoms with E-state index in [0.717, 1.165) is 25.3 Å². The number of allylic oxidation sites excluding steroid dienone is 1. The SMILES string of the molecule is CC(=O)OC/C(=C/CCCCCCCCCCCCC(=O)Cl)C[Si](C)(C)C. The fourth-order valence-electron chi connectivity index (χ4n) is 3.19. The Morgan fingerprint density at radius 3 is 1.78 bits per heavy atom. The predicted molar refractivity (Wildman–Crippen MR) is 119 cm³/mol. The van der Waals surface area contributed by atoms with Crippen molar-refractivity contribution < 1.29 is 14.3 Å². The number of rotatable bonds is 17. The molecule has 3 nitrogen and oxygen atoms in total. The second-order valence-electron chi connectivity index (χ2n) is 8.81. The average molecular weight is 417 g/mol. The van der Waals surface area contributed by atoms with Crippen molar-refractivity contribution in [2.24, 2.45) is 0 Å². The molecule has 0 aliphatic heterocycles. The molecule has 5 heteroatoms. The molecule has 0 aromatic carbocycles. The number of hydrogen-bond acceptors (Lipinski definition) is 3. The third-order valence-electron chi connectivity index (χ3n) is 4.48. The van der Waals surface area contributed by atoms with E-state index in [0.29, 0.717) is 13.0 Å². The van der Waals surface area contributed by atoms with Crippen LogP contribution in [0.5, 0.6) is 0 Å². The molecule has 0 N–H and O–H groups in total. The van der Waals surface area contributed by atoms with Crippen LogP contribution in [-0.2, 0) is 14.3 Å². The minimum atomic E-state index is -1.18. The van der Waals surface area contributed by atoms with Crippen LogP contribution in [0.2, 0.25) is 25.7 Å². The van der Waals surface area contributed by atoms with E-state index < -0.39 is 8.07 Å². The molecule has 0 fully saturated rings. The summed E-state index contributed by atoms with van der Waals surface area (Å²) < 4.78 is 5.21. The smallest absolute Gasteiger partial charge is 0.302 e. The number of esters is 1. The van der Waals surface area contributed by atoms with Crippen molar-refractivity contribution in [3.8, 4) is 0 Å². The van der Waals surface area contributed by atoms with E-state index in [-0.39, 0.29) is 11.2 Å². The lowest BCUT2D eigenvalue weighted by atomic mass is 10.0. The molecule has 0 amide bonds. The largest absolute Gasteiger partial charge is 0.461 e. The Morgan fingerprint density at radius 2 is 1.33 bits per heavy atom. The molecule has 0 spiro atoms. The van der Waals surface area contributed by atoms with Crippen molar-refractivity contribution in [1.29, 1.82) is 0 Å². The molecule has 0 rings (SSSR count). The first-order valence-electron chi connectivity index (χ1n) is 10.7. The van der Waals surface area contributed by atoms with E-state index in [4.69, 9.17) is 16.3 Å². The van der Waals surface area contributed by atoms with Gasteiger partial charge in [-0.25, -0.2) is 0 Å². The van der Waals surface area contributed by atoms with Crippen molar-refractivity contribution in [1.82, 2.24) is 0 Å². The van der Waals surface area contributed by atoms with Gasteiger partial charge in [0.05, 0.1) is 0 Å². The van der Waals surface area contributed by atoms with Gasteiger partial charge in [-0.3, -0.25) is 9.59 Å². The summed E-state index contributed by atoms with van der Waals surface area (Å²) in [5.41, 5.74) is 1.31. The van der Waals surface area contributed by atoms with E-state index in [1.807, 2.05) is 0 Å². The number of carbonyl (C=O) groups excluding carboxylic acids is 2. The Morgan fingerprint density at radius 1 is 0.852 bits per heavy atom. The monoisotopic (exact) mass is 416 g/mol. The Hall–Kier alpha value is -0.613. The number of halogens is 1. The highest BCUT2D eigenvalue weighted by Crippen LogP contribution is 2.18. The molecule has 27 heavy (non-hydrogen) atoms. The first-order valence-corrected chi connectivity index (χ1v) is 14.8. The lowest BCUT2D eigenvalue weighted by Crippen LogP contribution is -2.21. The second-order valence-corrected chi connectivity index (χ2v) is 14.7. The van der Waals surface area contributed by atoms with Crippen molar-refractivity contribution in [2.45, 2.75) is 110 Å². The fourth-order valence-corrected chi connectivity index (χ4v) is 4.93. The number of ether oxygens (including phenoxy) is 1. The zero-order valence-electron chi connectivity index (χ0n) is 18.1. The molecule has 0 radical (unpaired) electrons. The van der Waals surface area contributed by atoms with Crippen LogP contribution in [-0.4, -0.2) is 25.9 Å². The Labute approximate surface area is 173 Å². The van der Waals surface area contributed by atoms with E-state index in [2.05, 4.69) is 25.7 Å². The molecule has 0 saturated heterocycles. The number of carbonyl (C=O) groups is 2. The molecule has 0 saturated carbocycles. The summed E-state index contributed by atoms with van der Waals surface area (Å²) in [7, 11) is -1.18. The van der Waals surface area contributed by atoms with Crippen LogP contribution in [0.1, 0.15) is 84.0 Å². The molecule has 0 heterocycles. The van der Waals surface area contributed by atoms with Gasteiger partial charge in [0.2, 0.25) is 5.24 Å². The lowest BCUT2D eigenvalue weighted by Gasteiger charge is -2.18. The summed E-state index contributed by atoms with van der Waals surface area (Å²) in [4.78, 5) is 21.7. The molecule has 0 unspecified atom stereocenters. The highest BCUT2D eigenvalue weighted by atomic mass is 35.5. The first-order chi connectivity index (χ1) is 12.7. The van der Waals surface area contributed by atoms with Gasteiger partial charge in [0.25, 0.3) is 0 Å². The van der Waals surface area contributed by atoms with Crippen LogP contribution in [0.3, 0.4) is 0 Å². The van der Waals surface area contributed by atoms with Crippen LogP contribution in [0.4, 0.5) is 0 Å². The van der Waals surface area contributed by atoms with Gasteiger partial charge in [-0.2, -0.15) is 0 Å². The average Bonchev–Trinajstić information content (AvgIpc) is 2.55. The van der Waals surface area contributed by atoms with Crippen LogP contribution in [0, 0.1) is 0 Å². The van der Waals surface area contributed by atoms with Crippen molar-refractivity contribution in [3.63, 3.8) is 0 Å². The maximum atomic E-state index is 11.1. The normalized spacial score (nSPS) is 12.3. The topological polar surface area (TPSA) is 43.4 Å². The van der Waals surface area contributed by atoms with Crippen molar-refractivity contribution >= 4 is 30.9 Å². The van der Waals surface area contributed by atoms with E-state index in [1.165, 1.54) is 63.9 Å². The third kappa shape index (κ3) is 21.5. The Bertz CT molecular complexity index is 441. The maximum Gasteiger partial charge on any atom is 0.302 e. The molecular formula is C22H41ClO3Si. The highest BCUT2D eigenvalue weighted by molar-refractivity contribution is 6.76. The van der Waals surface area contributed by atoms with E-state index in [9.17, 15) is 9.59 Å². The molecule has 0 aliphatic carbocycles. The van der Waals surface area contributed by atoms with Crippen molar-refractivity contribution in [2.75, 3.05) is 6.61 Å². The van der Waals surface area contributed by atoms with E-state index >= 15 is 0 Å². The summed E-state index contributed by atoms with van der Waals surface area (Å²) in [6.07, 6.45) is 16.2. The second kappa shape index (κ2) is 16.4. The number of hydrogen-bond donors (Lipinski definition) is 0. The predicted octanol–water partition coefficient (Wildman–Crippen LogP) is 7.26. The molecule has 158 valence electrons. The van der Waals surface area contributed by atoms with Crippen LogP contribution >= 0.6 is 11.6 Å². The zero-order valence-corrected chi connectivity index (χ0v) is 19.8. The highest BCUT2D eigenvalue weighted by Gasteiger charge is 2.16. The number of unbranched alkanes of at least 4 members (excludes halogenated alkanes) is 10. The molecular weight excluding hydrogens is 376 g/mol. The van der Waals surface area contributed by atoms with Gasteiger partial charge in [-0.1, -0.05) is 77.1 Å². The third-order valence-corrected chi connectivity index (χ3v) is 6.18. The van der Waals surface area contributed by atoms with E-state index in [1.54, 1.807) is 0 Å². The van der Waals surface area contributed by atoms with Gasteiger partial charge in [0.15, 0.2) is 0 Å². The molecule has 0 aromatic rings. The van der Waals surface area contributed by atoms with Gasteiger partial charge in [-0.05, 0) is 42.5 Å². The van der Waals surface area contributed by atoms with Gasteiger partial charge < -0.3 is 4.74 Å². The van der Waals surface area contributed by atoms with Crippen LogP contribution < -0.4 is 0 Å². The molecule has 0 atom stereocenters. The molecule has 0 bridgehead atoms. The summed E-state index contributed by atoms with van der Waals surface area (Å²) >= 11 is 5.32. The minimum absolute atomic E-state index is 0.191. The molecule has 0 aliphatic rings. The summed E-state index contributed by atoms with van der Waals surface area (Å²) in [5.74, 6) is -0.191. The van der Waals surface area contributed by atoms with Crippen LogP contribution in [0.25, 0.3) is 0 Å². The van der Waals surface area contributed by atoms with Gasteiger partial charge in [0, 0.05) is 21.4 Å². The van der Waals surface area contributed by atoms with Gasteiger partial charge in [0.1, 0.15) is 6.61 Å². The Kier molecular flexibility index (Phi) is 16.0. The summed E-state index contributed by atoms with van der Waals surface area (Å²) in [6, 6.07) is 1.11. The lowest BCUT2D eigenvalue weighted by molar-refractivity contribution is -0.140. The maximum absolute atomic E-state index is 11.1. The standard InChI is InChI=1S/C22H41ClO3Si/c1-20(24)26-18-21(19-27(2,3)4)16-14-12-10-8-6-5-7-9-11-13-15-17-22(23)25/h16H,5-15,17-19H2,1-4H3/b21-16-. The minimum Gasteiger partial charge on any atom is -0.461 e.